The first kappa shape index (κ1) is 11.7. The lowest BCUT2D eigenvalue weighted by atomic mass is 10.3. The van der Waals surface area contributed by atoms with Gasteiger partial charge in [-0.3, -0.25) is 4.99 Å². The zero-order valence-electron chi connectivity index (χ0n) is 8.46. The third-order valence-electron chi connectivity index (χ3n) is 2.12. The number of anilines is 1. The van der Waals surface area contributed by atoms with Gasteiger partial charge < -0.3 is 15.8 Å². The summed E-state index contributed by atoms with van der Waals surface area (Å²) in [5.41, 5.74) is 6.38. The molecule has 1 aromatic rings. The average Bonchev–Trinajstić information content (AvgIpc) is 2.68. The van der Waals surface area contributed by atoms with Gasteiger partial charge in [-0.05, 0) is 44.0 Å². The zero-order valence-corrected chi connectivity index (χ0v) is 11.6. The van der Waals surface area contributed by atoms with Crippen molar-refractivity contribution in [3.8, 4) is 5.75 Å². The summed E-state index contributed by atoms with van der Waals surface area (Å²) in [6, 6.07) is 3.62. The van der Waals surface area contributed by atoms with Gasteiger partial charge in [-0.2, -0.15) is 0 Å². The molecule has 0 aliphatic carbocycles. The fourth-order valence-corrected chi connectivity index (χ4v) is 2.85. The maximum absolute atomic E-state index is 5.70. The van der Waals surface area contributed by atoms with Gasteiger partial charge in [0.25, 0.3) is 0 Å². The van der Waals surface area contributed by atoms with Crippen molar-refractivity contribution in [1.29, 1.82) is 0 Å². The number of amidine groups is 1. The minimum atomic E-state index is 0.446. The number of halogens is 2. The van der Waals surface area contributed by atoms with Crippen LogP contribution in [0.5, 0.6) is 5.75 Å². The molecular weight excluding hydrogens is 338 g/mol. The summed E-state index contributed by atoms with van der Waals surface area (Å²) in [7, 11) is 0. The van der Waals surface area contributed by atoms with Crippen LogP contribution in [-0.4, -0.2) is 25.5 Å². The Hall–Kier alpha value is -0.750. The van der Waals surface area contributed by atoms with Crippen LogP contribution in [0.3, 0.4) is 0 Å². The maximum Gasteiger partial charge on any atom is 0.148 e. The predicted octanol–water partition coefficient (Wildman–Crippen LogP) is 2.17. The van der Waals surface area contributed by atoms with Crippen molar-refractivity contribution in [2.24, 2.45) is 4.99 Å². The number of nitrogen functional groups attached to an aromatic ring is 1. The summed E-state index contributed by atoms with van der Waals surface area (Å²) in [6.45, 7) is 2.16. The van der Waals surface area contributed by atoms with Gasteiger partial charge in [0.15, 0.2) is 0 Å². The maximum atomic E-state index is 5.70. The van der Waals surface area contributed by atoms with Crippen LogP contribution in [0.1, 0.15) is 0 Å². The molecule has 3 N–H and O–H groups in total. The lowest BCUT2D eigenvalue weighted by molar-refractivity contribution is 0.369. The van der Waals surface area contributed by atoms with E-state index < -0.39 is 0 Å². The highest BCUT2D eigenvalue weighted by Gasteiger charge is 2.11. The molecule has 2 rings (SSSR count). The van der Waals surface area contributed by atoms with E-state index in [0.717, 1.165) is 33.6 Å². The fraction of sp³-hybridized carbons (Fsp3) is 0.300. The SMILES string of the molecule is Nc1cc(Br)c(OCC2=NCCN2)c(Br)c1. The highest BCUT2D eigenvalue weighted by molar-refractivity contribution is 9.11. The van der Waals surface area contributed by atoms with Crippen LogP contribution in [0, 0.1) is 0 Å². The second-order valence-corrected chi connectivity index (χ2v) is 5.07. The van der Waals surface area contributed by atoms with Gasteiger partial charge in [-0.1, -0.05) is 0 Å². The van der Waals surface area contributed by atoms with Crippen LogP contribution < -0.4 is 15.8 Å². The number of nitrogens with zero attached hydrogens (tertiary/aromatic N) is 1. The lowest BCUT2D eigenvalue weighted by Gasteiger charge is -2.11. The minimum absolute atomic E-state index is 0.446. The van der Waals surface area contributed by atoms with Gasteiger partial charge in [0.05, 0.1) is 15.5 Å². The van der Waals surface area contributed by atoms with Crippen molar-refractivity contribution in [1.82, 2.24) is 5.32 Å². The largest absolute Gasteiger partial charge is 0.483 e. The molecule has 4 nitrogen and oxygen atoms in total. The van der Waals surface area contributed by atoms with Crippen molar-refractivity contribution >= 4 is 43.4 Å². The van der Waals surface area contributed by atoms with Gasteiger partial charge in [0.1, 0.15) is 18.2 Å². The number of rotatable bonds is 3. The summed E-state index contributed by atoms with van der Waals surface area (Å²) >= 11 is 6.82. The molecule has 0 unspecified atom stereocenters. The number of ether oxygens (including phenoxy) is 1. The Morgan fingerprint density at radius 3 is 2.62 bits per heavy atom. The van der Waals surface area contributed by atoms with Gasteiger partial charge in [0.2, 0.25) is 0 Å². The van der Waals surface area contributed by atoms with Crippen LogP contribution in [0.15, 0.2) is 26.1 Å². The van der Waals surface area contributed by atoms with E-state index in [1.807, 2.05) is 12.1 Å². The highest BCUT2D eigenvalue weighted by atomic mass is 79.9. The molecule has 0 spiro atoms. The van der Waals surface area contributed by atoms with Crippen molar-refractivity contribution in [3.63, 3.8) is 0 Å². The lowest BCUT2D eigenvalue weighted by Crippen LogP contribution is -2.25. The monoisotopic (exact) mass is 347 g/mol. The Bertz CT molecular complexity index is 411. The Kier molecular flexibility index (Phi) is 3.70. The second kappa shape index (κ2) is 5.05. The van der Waals surface area contributed by atoms with Crippen LogP contribution >= 0.6 is 31.9 Å². The minimum Gasteiger partial charge on any atom is -0.483 e. The van der Waals surface area contributed by atoms with Crippen molar-refractivity contribution < 1.29 is 4.74 Å². The van der Waals surface area contributed by atoms with Gasteiger partial charge >= 0.3 is 0 Å². The summed E-state index contributed by atoms with van der Waals surface area (Å²) in [4.78, 5) is 4.25. The molecule has 1 heterocycles. The van der Waals surface area contributed by atoms with Crippen molar-refractivity contribution in [2.45, 2.75) is 0 Å². The van der Waals surface area contributed by atoms with Crippen molar-refractivity contribution in [2.75, 3.05) is 25.4 Å². The third-order valence-corrected chi connectivity index (χ3v) is 3.30. The van der Waals surface area contributed by atoms with E-state index >= 15 is 0 Å². The normalized spacial score (nSPS) is 14.5. The zero-order chi connectivity index (χ0) is 11.5. The van der Waals surface area contributed by atoms with E-state index in [0.29, 0.717) is 12.3 Å². The van der Waals surface area contributed by atoms with E-state index in [9.17, 15) is 0 Å². The molecule has 0 bridgehead atoms. The molecule has 1 aromatic carbocycles. The molecule has 0 saturated heterocycles. The molecule has 16 heavy (non-hydrogen) atoms. The molecule has 0 fully saturated rings. The summed E-state index contributed by atoms with van der Waals surface area (Å²) in [5.74, 6) is 1.63. The Labute approximate surface area is 111 Å². The predicted molar refractivity (Wildman–Crippen MR) is 72.1 cm³/mol. The smallest absolute Gasteiger partial charge is 0.148 e. The van der Waals surface area contributed by atoms with Crippen LogP contribution in [0.4, 0.5) is 5.69 Å². The highest BCUT2D eigenvalue weighted by Crippen LogP contribution is 2.35. The number of hydrogen-bond donors (Lipinski definition) is 2. The molecule has 6 heteroatoms. The summed E-state index contributed by atoms with van der Waals surface area (Å²) in [6.07, 6.45) is 0. The Morgan fingerprint density at radius 1 is 1.38 bits per heavy atom. The number of nitrogens with two attached hydrogens (primary N) is 1. The number of nitrogens with one attached hydrogen (secondary N) is 1. The molecule has 0 aromatic heterocycles. The molecule has 1 aliphatic rings. The summed E-state index contributed by atoms with van der Waals surface area (Å²) in [5, 5.41) is 3.15. The molecule has 0 atom stereocenters. The average molecular weight is 349 g/mol. The standard InChI is InChI=1S/C10H11Br2N3O/c11-7-3-6(13)4-8(12)10(7)16-5-9-14-1-2-15-9/h3-4H,1-2,5,13H2,(H,14,15). The molecule has 0 amide bonds. The Balaban J connectivity index is 2.09. The Morgan fingerprint density at radius 2 is 2.06 bits per heavy atom. The van der Waals surface area contributed by atoms with E-state index in [1.54, 1.807) is 0 Å². The topological polar surface area (TPSA) is 59.6 Å². The first-order valence-corrected chi connectivity index (χ1v) is 6.40. The van der Waals surface area contributed by atoms with E-state index in [1.165, 1.54) is 0 Å². The first-order valence-electron chi connectivity index (χ1n) is 4.81. The van der Waals surface area contributed by atoms with Gasteiger partial charge in [-0.15, -0.1) is 0 Å². The van der Waals surface area contributed by atoms with E-state index in [2.05, 4.69) is 42.2 Å². The van der Waals surface area contributed by atoms with E-state index in [4.69, 9.17) is 10.5 Å². The van der Waals surface area contributed by atoms with E-state index in [-0.39, 0.29) is 0 Å². The number of hydrogen-bond acceptors (Lipinski definition) is 4. The van der Waals surface area contributed by atoms with Crippen LogP contribution in [-0.2, 0) is 0 Å². The molecule has 86 valence electrons. The second-order valence-electron chi connectivity index (χ2n) is 3.36. The molecule has 0 saturated carbocycles. The first-order chi connectivity index (χ1) is 7.66. The third kappa shape index (κ3) is 2.68. The quantitative estimate of drug-likeness (QED) is 0.823. The van der Waals surface area contributed by atoms with Gasteiger partial charge in [0, 0.05) is 12.2 Å². The molecular formula is C10H11Br2N3O. The van der Waals surface area contributed by atoms with Gasteiger partial charge in [-0.25, -0.2) is 0 Å². The number of aliphatic imine (C=N–C) groups is 1. The number of benzene rings is 1. The fourth-order valence-electron chi connectivity index (χ4n) is 1.40. The van der Waals surface area contributed by atoms with Crippen LogP contribution in [0.25, 0.3) is 0 Å². The molecule has 1 aliphatic heterocycles. The summed E-state index contributed by atoms with van der Waals surface area (Å²) < 4.78 is 7.33. The van der Waals surface area contributed by atoms with Crippen LogP contribution in [0.2, 0.25) is 0 Å². The molecule has 0 radical (unpaired) electrons. The van der Waals surface area contributed by atoms with Crippen molar-refractivity contribution in [3.05, 3.63) is 21.1 Å².